The maximum absolute atomic E-state index is 13.1. The van der Waals surface area contributed by atoms with Gasteiger partial charge in [0.1, 0.15) is 13.2 Å². The van der Waals surface area contributed by atoms with E-state index in [9.17, 15) is 14.4 Å². The Morgan fingerprint density at radius 1 is 0.667 bits per heavy atom. The van der Waals surface area contributed by atoms with E-state index in [1.807, 2.05) is 49.3 Å². The molecule has 0 spiro atoms. The first-order chi connectivity index (χ1) is 24.9. The smallest absolute Gasteiger partial charge is 0.338 e. The number of rotatable bonds is 32. The van der Waals surface area contributed by atoms with Crippen LogP contribution in [0.5, 0.6) is 0 Å². The van der Waals surface area contributed by atoms with Gasteiger partial charge in [0.05, 0.1) is 5.56 Å². The van der Waals surface area contributed by atoms with Crippen molar-refractivity contribution in [2.45, 2.75) is 142 Å². The summed E-state index contributed by atoms with van der Waals surface area (Å²) in [6.07, 6.45) is 29.5. The summed E-state index contributed by atoms with van der Waals surface area (Å²) in [4.78, 5) is 41.8. The monoisotopic (exact) mass is 729 g/mol. The summed E-state index contributed by atoms with van der Waals surface area (Å²) in [5.74, 6) is 0.406. The minimum atomic E-state index is -0.275. The van der Waals surface area contributed by atoms with Gasteiger partial charge in [-0.1, -0.05) is 126 Å². The van der Waals surface area contributed by atoms with E-state index in [1.54, 1.807) is 0 Å². The number of hydrogen-bond acceptors (Lipinski definition) is 7. The highest BCUT2D eigenvalue weighted by molar-refractivity contribution is 8.13. The summed E-state index contributed by atoms with van der Waals surface area (Å²) in [5.41, 5.74) is 1.74. The maximum atomic E-state index is 13.1. The van der Waals surface area contributed by atoms with Crippen LogP contribution in [0.2, 0.25) is 0 Å². The van der Waals surface area contributed by atoms with Crippen LogP contribution >= 0.6 is 11.8 Å². The van der Waals surface area contributed by atoms with Gasteiger partial charge in [-0.25, -0.2) is 4.79 Å². The Bertz CT molecular complexity index is 1090. The fourth-order valence-corrected chi connectivity index (χ4v) is 6.63. The van der Waals surface area contributed by atoms with Crippen molar-refractivity contribution in [3.63, 3.8) is 0 Å². The van der Waals surface area contributed by atoms with Crippen LogP contribution in [0, 0.1) is 0 Å². The minimum Gasteiger partial charge on any atom is -0.461 e. The van der Waals surface area contributed by atoms with Crippen LogP contribution in [0.25, 0.3) is 0 Å². The molecule has 1 amide bonds. The molecule has 1 aromatic carbocycles. The topological polar surface area (TPSA) is 76.1 Å². The third kappa shape index (κ3) is 27.7. The highest BCUT2D eigenvalue weighted by atomic mass is 32.2. The van der Waals surface area contributed by atoms with Crippen molar-refractivity contribution in [3.8, 4) is 0 Å². The number of thioether (sulfide) groups is 1. The molecule has 1 aromatic rings. The zero-order chi connectivity index (χ0) is 37.2. The molecule has 0 aliphatic carbocycles. The third-order valence-electron chi connectivity index (χ3n) is 8.82. The molecule has 0 atom stereocenters. The Hall–Kier alpha value is -2.58. The summed E-state index contributed by atoms with van der Waals surface area (Å²) in [5, 5.41) is 0.173. The highest BCUT2D eigenvalue weighted by Crippen LogP contribution is 2.16. The number of nitrogens with zero attached hydrogens (tertiary/aromatic N) is 2. The second-order valence-corrected chi connectivity index (χ2v) is 14.9. The number of hydrogen-bond donors (Lipinski definition) is 0. The molecule has 0 fully saturated rings. The summed E-state index contributed by atoms with van der Waals surface area (Å²) >= 11 is 1.42. The summed E-state index contributed by atoms with van der Waals surface area (Å²) in [7, 11) is 4.06. The highest BCUT2D eigenvalue weighted by Gasteiger charge is 2.14. The molecule has 8 heteroatoms. The van der Waals surface area contributed by atoms with Gasteiger partial charge >= 0.3 is 11.9 Å². The number of benzene rings is 1. The van der Waals surface area contributed by atoms with E-state index in [0.29, 0.717) is 25.2 Å². The summed E-state index contributed by atoms with van der Waals surface area (Å²) in [6.45, 7) is 7.54. The van der Waals surface area contributed by atoms with Crippen LogP contribution in [-0.2, 0) is 20.7 Å². The molecule has 7 nitrogen and oxygen atoms in total. The molecular weight excluding hydrogens is 657 g/mol. The van der Waals surface area contributed by atoms with Gasteiger partial charge in [-0.05, 0) is 89.6 Å². The van der Waals surface area contributed by atoms with E-state index < -0.39 is 0 Å². The molecule has 0 aromatic heterocycles. The lowest BCUT2D eigenvalue weighted by Crippen LogP contribution is -2.30. The molecule has 0 N–H and O–H groups in total. The van der Waals surface area contributed by atoms with Crippen LogP contribution in [0.3, 0.4) is 0 Å². The van der Waals surface area contributed by atoms with Crippen molar-refractivity contribution in [1.29, 1.82) is 0 Å². The van der Waals surface area contributed by atoms with Gasteiger partial charge in [0, 0.05) is 31.8 Å². The molecular formula is C43H72N2O5S. The molecule has 51 heavy (non-hydrogen) atoms. The molecule has 1 rings (SSSR count). The third-order valence-corrected chi connectivity index (χ3v) is 9.71. The van der Waals surface area contributed by atoms with Gasteiger partial charge in [-0.15, -0.1) is 0 Å². The van der Waals surface area contributed by atoms with Crippen LogP contribution in [0.15, 0.2) is 48.6 Å². The summed E-state index contributed by atoms with van der Waals surface area (Å²) < 4.78 is 10.8. The average molecular weight is 729 g/mol. The van der Waals surface area contributed by atoms with Crippen LogP contribution < -0.4 is 0 Å². The number of aryl methyl sites for hydroxylation is 1. The van der Waals surface area contributed by atoms with Gasteiger partial charge in [0.25, 0.3) is 5.24 Å². The van der Waals surface area contributed by atoms with Crippen LogP contribution in [0.1, 0.15) is 152 Å². The minimum absolute atomic E-state index is 0.112. The number of allylic oxidation sites excluding steroid dienone is 2. The first kappa shape index (κ1) is 46.4. The molecule has 0 heterocycles. The Kier molecular flexibility index (Phi) is 30.3. The molecule has 0 radical (unpaired) electrons. The normalized spacial score (nSPS) is 11.5. The molecule has 0 aliphatic heterocycles. The molecule has 0 saturated heterocycles. The van der Waals surface area contributed by atoms with Crippen molar-refractivity contribution in [2.24, 2.45) is 0 Å². The Balaban J connectivity index is 2.33. The predicted molar refractivity (Wildman–Crippen MR) is 217 cm³/mol. The van der Waals surface area contributed by atoms with E-state index in [2.05, 4.69) is 37.0 Å². The lowest BCUT2D eigenvalue weighted by Gasteiger charge is -2.22. The SMILES string of the molecule is CCCCCC/C=C\COC(=O)CCCCCCCN(CCCCCc1cccc(C(=O)OC/C=C\CCCCCC)c1)C(=O)SCCN(C)C. The second kappa shape index (κ2) is 33.3. The zero-order valence-corrected chi connectivity index (χ0v) is 33.7. The molecule has 0 saturated carbocycles. The van der Waals surface area contributed by atoms with Crippen LogP contribution in [0.4, 0.5) is 4.79 Å². The van der Waals surface area contributed by atoms with Gasteiger partial charge in [-0.3, -0.25) is 9.59 Å². The standard InChI is InChI=1S/C43H72N2O5S/c1-5-7-9-11-13-18-25-35-49-41(46)31-22-16-15-17-23-32-45(43(48)51-37-34-44(3)4)33-24-20-21-28-39-29-27-30-40(38-39)42(47)50-36-26-19-14-12-10-8-6-2/h18-19,25-27,29-30,38H,5-17,20-24,28,31-37H2,1-4H3/b25-18-,26-19-. The van der Waals surface area contributed by atoms with E-state index >= 15 is 0 Å². The van der Waals surface area contributed by atoms with E-state index in [-0.39, 0.29) is 17.2 Å². The molecule has 0 aliphatic rings. The second-order valence-electron chi connectivity index (χ2n) is 13.9. The Morgan fingerprint density at radius 2 is 1.25 bits per heavy atom. The van der Waals surface area contributed by atoms with Crippen molar-refractivity contribution in [1.82, 2.24) is 9.80 Å². The quantitative estimate of drug-likeness (QED) is 0.0415. The molecule has 0 unspecified atom stereocenters. The van der Waals surface area contributed by atoms with Crippen molar-refractivity contribution in [3.05, 3.63) is 59.7 Å². The number of amides is 1. The van der Waals surface area contributed by atoms with Gasteiger partial charge in [0.2, 0.25) is 0 Å². The van der Waals surface area contributed by atoms with Crippen molar-refractivity contribution in [2.75, 3.05) is 52.7 Å². The van der Waals surface area contributed by atoms with Crippen molar-refractivity contribution >= 4 is 28.9 Å². The average Bonchev–Trinajstić information content (AvgIpc) is 3.12. The lowest BCUT2D eigenvalue weighted by molar-refractivity contribution is -0.142. The number of ether oxygens (including phenoxy) is 2. The summed E-state index contributed by atoms with van der Waals surface area (Å²) in [6, 6.07) is 7.78. The van der Waals surface area contributed by atoms with E-state index in [4.69, 9.17) is 9.47 Å². The lowest BCUT2D eigenvalue weighted by atomic mass is 10.0. The fraction of sp³-hybridized carbons (Fsp3) is 0.698. The number of carbonyl (C=O) groups excluding carboxylic acids is 3. The number of carbonyl (C=O) groups is 3. The first-order valence-electron chi connectivity index (χ1n) is 20.1. The molecule has 0 bridgehead atoms. The fourth-order valence-electron chi connectivity index (χ4n) is 5.64. The Labute approximate surface area is 316 Å². The largest absolute Gasteiger partial charge is 0.461 e. The van der Waals surface area contributed by atoms with E-state index in [0.717, 1.165) is 102 Å². The molecule has 290 valence electrons. The van der Waals surface area contributed by atoms with Gasteiger partial charge < -0.3 is 19.3 Å². The number of unbranched alkanes of at least 4 members (excludes halogenated alkanes) is 14. The predicted octanol–water partition coefficient (Wildman–Crippen LogP) is 11.2. The zero-order valence-electron chi connectivity index (χ0n) is 32.8. The van der Waals surface area contributed by atoms with Crippen molar-refractivity contribution < 1.29 is 23.9 Å². The maximum Gasteiger partial charge on any atom is 0.338 e. The van der Waals surface area contributed by atoms with Gasteiger partial charge in [0.15, 0.2) is 0 Å². The van der Waals surface area contributed by atoms with E-state index in [1.165, 1.54) is 63.1 Å². The Morgan fingerprint density at radius 3 is 1.90 bits per heavy atom. The van der Waals surface area contributed by atoms with Crippen LogP contribution in [-0.4, -0.2) is 79.7 Å². The van der Waals surface area contributed by atoms with Gasteiger partial charge in [-0.2, -0.15) is 0 Å². The number of esters is 2. The first-order valence-corrected chi connectivity index (χ1v) is 21.1.